The van der Waals surface area contributed by atoms with Crippen molar-refractivity contribution in [2.75, 3.05) is 13.1 Å². The van der Waals surface area contributed by atoms with Gasteiger partial charge in [-0.25, -0.2) is 4.39 Å². The summed E-state index contributed by atoms with van der Waals surface area (Å²) in [5, 5.41) is 9.37. The number of benzene rings is 3. The average molecular weight is 462 g/mol. The van der Waals surface area contributed by atoms with Crippen molar-refractivity contribution in [1.82, 2.24) is 4.90 Å². The molecule has 0 unspecified atom stereocenters. The summed E-state index contributed by atoms with van der Waals surface area (Å²) < 4.78 is 20.3. The zero-order valence-corrected chi connectivity index (χ0v) is 19.4. The molecule has 1 aliphatic rings. The predicted octanol–water partition coefficient (Wildman–Crippen LogP) is 4.84. The van der Waals surface area contributed by atoms with E-state index in [-0.39, 0.29) is 18.3 Å². The smallest absolute Gasteiger partial charge is 0.323 e. The molecular formula is C28H28FNO4. The maximum absolute atomic E-state index is 14.2. The van der Waals surface area contributed by atoms with Crippen molar-refractivity contribution >= 4 is 11.9 Å². The van der Waals surface area contributed by atoms with Gasteiger partial charge in [0.15, 0.2) is 0 Å². The molecule has 5 nitrogen and oxygen atoms in total. The molecule has 0 saturated heterocycles. The monoisotopic (exact) mass is 461 g/mol. The molecule has 0 saturated carbocycles. The quantitative estimate of drug-likeness (QED) is 0.521. The minimum Gasteiger partial charge on any atom is -0.487 e. The molecule has 3 aromatic rings. The number of ether oxygens (including phenoxy) is 1. The number of rotatable bonds is 8. The molecule has 0 aliphatic carbocycles. The molecular weight excluding hydrogens is 433 g/mol. The Morgan fingerprint density at radius 1 is 1.06 bits per heavy atom. The van der Waals surface area contributed by atoms with Gasteiger partial charge in [-0.3, -0.25) is 9.59 Å². The second kappa shape index (κ2) is 9.67. The van der Waals surface area contributed by atoms with Crippen LogP contribution in [0.1, 0.15) is 39.5 Å². The Morgan fingerprint density at radius 3 is 2.47 bits per heavy atom. The van der Waals surface area contributed by atoms with Gasteiger partial charge in [0.1, 0.15) is 23.7 Å². The molecule has 1 N–H and O–H groups in total. The largest absolute Gasteiger partial charge is 0.487 e. The number of hydrogen-bond acceptors (Lipinski definition) is 3. The topological polar surface area (TPSA) is 66.8 Å². The Balaban J connectivity index is 1.50. The van der Waals surface area contributed by atoms with Crippen LogP contribution in [0.3, 0.4) is 0 Å². The Kier molecular flexibility index (Phi) is 6.68. The molecule has 1 atom stereocenters. The fraction of sp³-hybridized carbons (Fsp3) is 0.286. The van der Waals surface area contributed by atoms with Crippen molar-refractivity contribution in [3.63, 3.8) is 0 Å². The summed E-state index contributed by atoms with van der Waals surface area (Å²) in [5.41, 5.74) is 3.42. The fourth-order valence-corrected chi connectivity index (χ4v) is 4.54. The number of nitrogens with zero attached hydrogens (tertiary/aromatic N) is 1. The highest BCUT2D eigenvalue weighted by Gasteiger charge is 2.36. The summed E-state index contributed by atoms with van der Waals surface area (Å²) in [5.74, 6) is -0.987. The van der Waals surface area contributed by atoms with Gasteiger partial charge in [-0.2, -0.15) is 0 Å². The lowest BCUT2D eigenvalue weighted by molar-refractivity contribution is -0.137. The molecule has 1 aliphatic heterocycles. The van der Waals surface area contributed by atoms with Crippen molar-refractivity contribution in [2.24, 2.45) is 0 Å². The number of carbonyl (C=O) groups is 2. The van der Waals surface area contributed by atoms with Gasteiger partial charge in [-0.05, 0) is 66.8 Å². The van der Waals surface area contributed by atoms with Crippen molar-refractivity contribution in [3.05, 3.63) is 100 Å². The lowest BCUT2D eigenvalue weighted by Gasteiger charge is -2.24. The van der Waals surface area contributed by atoms with Gasteiger partial charge in [0.2, 0.25) is 0 Å². The number of hydrogen-bond donors (Lipinski definition) is 1. The summed E-state index contributed by atoms with van der Waals surface area (Å²) in [6.45, 7) is 3.86. The Bertz CT molecular complexity index is 1220. The standard InChI is InChI=1S/C28H28FNO4/c1-19-7-3-4-8-20(19)13-14-30(18-26(31)32)27(33)21-11-12-25-23(15-21)17-28(2,34-25)16-22-9-5-6-10-24(22)29/h3-12,15H,13-14,16-18H2,1-2H3,(H,31,32)/t28-/m0/s1. The Morgan fingerprint density at radius 2 is 1.76 bits per heavy atom. The molecule has 0 fully saturated rings. The van der Waals surface area contributed by atoms with E-state index in [1.54, 1.807) is 36.4 Å². The van der Waals surface area contributed by atoms with Gasteiger partial charge >= 0.3 is 5.97 Å². The van der Waals surface area contributed by atoms with Crippen molar-refractivity contribution < 1.29 is 23.8 Å². The number of fused-ring (bicyclic) bond motifs is 1. The highest BCUT2D eigenvalue weighted by Crippen LogP contribution is 2.38. The second-order valence-electron chi connectivity index (χ2n) is 9.12. The first-order chi connectivity index (χ1) is 16.2. The highest BCUT2D eigenvalue weighted by molar-refractivity contribution is 5.96. The summed E-state index contributed by atoms with van der Waals surface area (Å²) in [6, 6.07) is 19.7. The first-order valence-corrected chi connectivity index (χ1v) is 11.3. The van der Waals surface area contributed by atoms with E-state index in [9.17, 15) is 19.1 Å². The summed E-state index contributed by atoms with van der Waals surface area (Å²) in [7, 11) is 0. The van der Waals surface area contributed by atoms with E-state index in [1.807, 2.05) is 38.1 Å². The zero-order chi connectivity index (χ0) is 24.3. The molecule has 176 valence electrons. The van der Waals surface area contributed by atoms with Crippen LogP contribution < -0.4 is 4.74 Å². The van der Waals surface area contributed by atoms with Gasteiger partial charge in [-0.1, -0.05) is 42.5 Å². The average Bonchev–Trinajstić information content (AvgIpc) is 3.13. The molecule has 3 aromatic carbocycles. The third kappa shape index (κ3) is 5.28. The van der Waals surface area contributed by atoms with Crippen LogP contribution in [-0.4, -0.2) is 40.6 Å². The minimum absolute atomic E-state index is 0.267. The van der Waals surface area contributed by atoms with Crippen molar-refractivity contribution in [2.45, 2.75) is 38.7 Å². The number of aliphatic carboxylic acids is 1. The SMILES string of the molecule is Cc1ccccc1CCN(CC(=O)O)C(=O)c1ccc2c(c1)C[C@](C)(Cc1ccccc1F)O2. The molecule has 1 heterocycles. The second-order valence-corrected chi connectivity index (χ2v) is 9.12. The molecule has 6 heteroatoms. The molecule has 0 spiro atoms. The summed E-state index contributed by atoms with van der Waals surface area (Å²) in [4.78, 5) is 26.1. The van der Waals surface area contributed by atoms with Crippen LogP contribution in [0, 0.1) is 12.7 Å². The van der Waals surface area contributed by atoms with E-state index in [1.165, 1.54) is 11.0 Å². The first-order valence-electron chi connectivity index (χ1n) is 11.3. The number of carboxylic acid groups (broad SMARTS) is 1. The Hall–Kier alpha value is -3.67. The van der Waals surface area contributed by atoms with Crippen LogP contribution in [0.5, 0.6) is 5.75 Å². The normalized spacial score (nSPS) is 16.6. The van der Waals surface area contributed by atoms with E-state index in [0.29, 0.717) is 42.7 Å². The Labute approximate surface area is 198 Å². The maximum Gasteiger partial charge on any atom is 0.323 e. The third-order valence-corrected chi connectivity index (χ3v) is 6.28. The molecule has 0 aromatic heterocycles. The van der Waals surface area contributed by atoms with Crippen molar-refractivity contribution in [1.29, 1.82) is 0 Å². The molecule has 0 bridgehead atoms. The van der Waals surface area contributed by atoms with Crippen molar-refractivity contribution in [3.8, 4) is 5.75 Å². The van der Waals surface area contributed by atoms with Gasteiger partial charge in [0, 0.05) is 24.9 Å². The predicted molar refractivity (Wildman–Crippen MR) is 128 cm³/mol. The van der Waals surface area contributed by atoms with Crippen LogP contribution in [0.2, 0.25) is 0 Å². The number of amides is 1. The zero-order valence-electron chi connectivity index (χ0n) is 19.4. The van der Waals surface area contributed by atoms with Gasteiger partial charge in [0.05, 0.1) is 0 Å². The van der Waals surface area contributed by atoms with Crippen LogP contribution >= 0.6 is 0 Å². The van der Waals surface area contributed by atoms with E-state index in [4.69, 9.17) is 4.74 Å². The lowest BCUT2D eigenvalue weighted by atomic mass is 9.91. The molecule has 1 amide bonds. The molecule has 34 heavy (non-hydrogen) atoms. The maximum atomic E-state index is 14.2. The number of halogens is 1. The van der Waals surface area contributed by atoms with Gasteiger partial charge in [-0.15, -0.1) is 0 Å². The van der Waals surface area contributed by atoms with Crippen LogP contribution in [0.15, 0.2) is 66.7 Å². The van der Waals surface area contributed by atoms with Gasteiger partial charge in [0.25, 0.3) is 5.91 Å². The first kappa shape index (κ1) is 23.5. The fourth-order valence-electron chi connectivity index (χ4n) is 4.54. The van der Waals surface area contributed by atoms with Crippen LogP contribution in [0.25, 0.3) is 0 Å². The van der Waals surface area contributed by atoms with E-state index in [2.05, 4.69) is 0 Å². The summed E-state index contributed by atoms with van der Waals surface area (Å²) in [6.07, 6.45) is 1.50. The highest BCUT2D eigenvalue weighted by atomic mass is 19.1. The minimum atomic E-state index is -1.06. The number of aryl methyl sites for hydroxylation is 1. The molecule has 4 rings (SSSR count). The van der Waals surface area contributed by atoms with Crippen LogP contribution in [0.4, 0.5) is 4.39 Å². The van der Waals surface area contributed by atoms with Gasteiger partial charge < -0.3 is 14.7 Å². The summed E-state index contributed by atoms with van der Waals surface area (Å²) >= 11 is 0. The van der Waals surface area contributed by atoms with E-state index >= 15 is 0 Å². The molecule has 0 radical (unpaired) electrons. The lowest BCUT2D eigenvalue weighted by Crippen LogP contribution is -2.37. The van der Waals surface area contributed by atoms with Crippen LogP contribution in [-0.2, 0) is 24.1 Å². The van der Waals surface area contributed by atoms with E-state index in [0.717, 1.165) is 16.7 Å². The van der Waals surface area contributed by atoms with E-state index < -0.39 is 11.6 Å². The number of carboxylic acids is 1. The number of carbonyl (C=O) groups excluding carboxylic acids is 1. The third-order valence-electron chi connectivity index (χ3n) is 6.28.